The van der Waals surface area contributed by atoms with Crippen molar-refractivity contribution in [1.82, 2.24) is 0 Å². The molecule has 0 aliphatic rings. The lowest BCUT2D eigenvalue weighted by molar-refractivity contribution is -0.117. The fourth-order valence-corrected chi connectivity index (χ4v) is 2.64. The molecule has 0 spiro atoms. The Morgan fingerprint density at radius 2 is 1.18 bits per heavy atom. The molecule has 0 fully saturated rings. The fraction of sp³-hybridized carbons (Fsp3) is 0.348. The van der Waals surface area contributed by atoms with E-state index in [9.17, 15) is 14.4 Å². The molecule has 0 amide bonds. The van der Waals surface area contributed by atoms with Crippen LogP contribution in [0.25, 0.3) is 0 Å². The van der Waals surface area contributed by atoms with E-state index in [1.807, 2.05) is 6.92 Å². The number of hydrogen-bond donors (Lipinski definition) is 0. The van der Waals surface area contributed by atoms with Crippen LogP contribution in [-0.2, 0) is 27.1 Å². The van der Waals surface area contributed by atoms with Gasteiger partial charge in [0.2, 0.25) is 0 Å². The van der Waals surface area contributed by atoms with E-state index in [1.165, 1.54) is 0 Å². The van der Waals surface area contributed by atoms with Crippen molar-refractivity contribution < 1.29 is 23.9 Å². The summed E-state index contributed by atoms with van der Waals surface area (Å²) >= 11 is 0. The maximum Gasteiger partial charge on any atom is 0.338 e. The lowest BCUT2D eigenvalue weighted by atomic mass is 10.0. The van der Waals surface area contributed by atoms with Crippen molar-refractivity contribution in [3.63, 3.8) is 0 Å². The Morgan fingerprint density at radius 1 is 0.714 bits per heavy atom. The summed E-state index contributed by atoms with van der Waals surface area (Å²) in [7, 11) is 0. The molecule has 0 bridgehead atoms. The molecule has 0 N–H and O–H groups in total. The largest absolute Gasteiger partial charge is 0.462 e. The number of carbonyl (C=O) groups excluding carboxylic acids is 3. The molecule has 0 aliphatic carbocycles. The number of unbranched alkanes of at least 4 members (excludes halogenated alkanes) is 1. The zero-order chi connectivity index (χ0) is 20.4. The highest BCUT2D eigenvalue weighted by Crippen LogP contribution is 2.11. The zero-order valence-electron chi connectivity index (χ0n) is 16.4. The third kappa shape index (κ3) is 6.65. The molecule has 5 heteroatoms. The van der Waals surface area contributed by atoms with Gasteiger partial charge >= 0.3 is 11.9 Å². The van der Waals surface area contributed by atoms with E-state index in [0.717, 1.165) is 24.0 Å². The minimum Gasteiger partial charge on any atom is -0.462 e. The summed E-state index contributed by atoms with van der Waals surface area (Å²) in [5.74, 6) is -0.649. The number of rotatable bonds is 10. The minimum absolute atomic E-state index is 0.0576. The first-order valence-corrected chi connectivity index (χ1v) is 9.57. The number of ketones is 1. The molecule has 0 unspecified atom stereocenters. The number of esters is 2. The Balaban J connectivity index is 1.87. The molecule has 5 nitrogen and oxygen atoms in total. The van der Waals surface area contributed by atoms with Gasteiger partial charge in [0.15, 0.2) is 0 Å². The monoisotopic (exact) mass is 382 g/mol. The highest BCUT2D eigenvalue weighted by Gasteiger charge is 2.10. The Kier molecular flexibility index (Phi) is 8.40. The molecule has 148 valence electrons. The van der Waals surface area contributed by atoms with Crippen molar-refractivity contribution in [2.75, 3.05) is 13.2 Å². The summed E-state index contributed by atoms with van der Waals surface area (Å²) in [6.45, 7) is 4.54. The van der Waals surface area contributed by atoms with Crippen molar-refractivity contribution in [2.24, 2.45) is 0 Å². The van der Waals surface area contributed by atoms with Crippen LogP contribution in [0.4, 0.5) is 0 Å². The molecule has 2 aromatic rings. The topological polar surface area (TPSA) is 69.7 Å². The lowest BCUT2D eigenvalue weighted by Gasteiger charge is -2.06. The summed E-state index contributed by atoms with van der Waals surface area (Å²) < 4.78 is 10.1. The number of Topliss-reactive ketones (excluding diaryl/α,β-unsaturated/α-hetero) is 1. The maximum atomic E-state index is 12.3. The number of benzene rings is 2. The first-order valence-electron chi connectivity index (χ1n) is 9.57. The van der Waals surface area contributed by atoms with Crippen LogP contribution in [0, 0.1) is 0 Å². The van der Waals surface area contributed by atoms with Crippen molar-refractivity contribution in [1.29, 1.82) is 0 Å². The molecule has 0 aromatic heterocycles. The third-order valence-corrected chi connectivity index (χ3v) is 4.19. The highest BCUT2D eigenvalue weighted by atomic mass is 16.5. The third-order valence-electron chi connectivity index (χ3n) is 4.19. The molecule has 28 heavy (non-hydrogen) atoms. The predicted octanol–water partition coefficient (Wildman–Crippen LogP) is 4.17. The van der Waals surface area contributed by atoms with Crippen molar-refractivity contribution in [3.8, 4) is 0 Å². The van der Waals surface area contributed by atoms with E-state index in [-0.39, 0.29) is 30.6 Å². The van der Waals surface area contributed by atoms with Crippen molar-refractivity contribution in [2.45, 2.75) is 39.5 Å². The van der Waals surface area contributed by atoms with Gasteiger partial charge in [0.1, 0.15) is 5.78 Å². The van der Waals surface area contributed by atoms with Gasteiger partial charge in [-0.3, -0.25) is 4.79 Å². The van der Waals surface area contributed by atoms with Crippen LogP contribution in [-0.4, -0.2) is 30.9 Å². The van der Waals surface area contributed by atoms with Crippen molar-refractivity contribution >= 4 is 17.7 Å². The minimum atomic E-state index is -0.367. The standard InChI is InChI=1S/C23H26O5/c1-3-5-14-28-23(26)20-12-8-18(9-13-20)16-21(24)15-17-6-10-19(11-7-17)22(25)27-4-2/h6-13H,3-5,14-16H2,1-2H3. The van der Waals surface area contributed by atoms with E-state index in [1.54, 1.807) is 55.5 Å². The van der Waals surface area contributed by atoms with E-state index < -0.39 is 0 Å². The Morgan fingerprint density at radius 3 is 1.61 bits per heavy atom. The quantitative estimate of drug-likeness (QED) is 0.455. The Bertz CT molecular complexity index is 791. The first kappa shape index (κ1) is 21.4. The SMILES string of the molecule is CCCCOC(=O)c1ccc(CC(=O)Cc2ccc(C(=O)OCC)cc2)cc1. The van der Waals surface area contributed by atoms with E-state index in [4.69, 9.17) is 9.47 Å². The molecule has 0 atom stereocenters. The lowest BCUT2D eigenvalue weighted by Crippen LogP contribution is -2.09. The second kappa shape index (κ2) is 11.0. The average molecular weight is 382 g/mol. The Labute approximate surface area is 165 Å². The normalized spacial score (nSPS) is 10.4. The van der Waals surface area contributed by atoms with Crippen LogP contribution >= 0.6 is 0 Å². The molecule has 2 aromatic carbocycles. The molecular formula is C23H26O5. The van der Waals surface area contributed by atoms with Crippen LogP contribution in [0.2, 0.25) is 0 Å². The summed E-state index contributed by atoms with van der Waals surface area (Å²) in [5.41, 5.74) is 2.65. The second-order valence-electron chi connectivity index (χ2n) is 6.50. The van der Waals surface area contributed by atoms with E-state index in [0.29, 0.717) is 24.3 Å². The molecule has 2 rings (SSSR count). The summed E-state index contributed by atoms with van der Waals surface area (Å²) in [6, 6.07) is 13.8. The van der Waals surface area contributed by atoms with E-state index in [2.05, 4.69) is 0 Å². The summed E-state index contributed by atoms with van der Waals surface area (Å²) in [5, 5.41) is 0. The predicted molar refractivity (Wildman–Crippen MR) is 106 cm³/mol. The van der Waals surface area contributed by atoms with Gasteiger partial charge in [-0.2, -0.15) is 0 Å². The van der Waals surface area contributed by atoms with Gasteiger partial charge in [-0.05, 0) is 48.7 Å². The van der Waals surface area contributed by atoms with Gasteiger partial charge in [0.05, 0.1) is 24.3 Å². The number of hydrogen-bond acceptors (Lipinski definition) is 5. The molecule has 0 aliphatic heterocycles. The van der Waals surface area contributed by atoms with Crippen LogP contribution in [0.5, 0.6) is 0 Å². The molecule has 0 radical (unpaired) electrons. The van der Waals surface area contributed by atoms with Crippen LogP contribution < -0.4 is 0 Å². The molecule has 0 saturated carbocycles. The smallest absolute Gasteiger partial charge is 0.338 e. The summed E-state index contributed by atoms with van der Waals surface area (Å²) in [4.78, 5) is 35.8. The van der Waals surface area contributed by atoms with Crippen LogP contribution in [0.3, 0.4) is 0 Å². The van der Waals surface area contributed by atoms with Gasteiger partial charge < -0.3 is 9.47 Å². The average Bonchev–Trinajstić information content (AvgIpc) is 2.69. The van der Waals surface area contributed by atoms with Gasteiger partial charge in [0.25, 0.3) is 0 Å². The number of ether oxygens (including phenoxy) is 2. The summed E-state index contributed by atoms with van der Waals surface area (Å²) in [6.07, 6.45) is 2.38. The number of carbonyl (C=O) groups is 3. The zero-order valence-corrected chi connectivity index (χ0v) is 16.4. The van der Waals surface area contributed by atoms with Crippen LogP contribution in [0.15, 0.2) is 48.5 Å². The maximum absolute atomic E-state index is 12.3. The van der Waals surface area contributed by atoms with Gasteiger partial charge in [-0.15, -0.1) is 0 Å². The molecular weight excluding hydrogens is 356 g/mol. The molecule has 0 heterocycles. The fourth-order valence-electron chi connectivity index (χ4n) is 2.64. The second-order valence-corrected chi connectivity index (χ2v) is 6.50. The van der Waals surface area contributed by atoms with Gasteiger partial charge in [-0.25, -0.2) is 9.59 Å². The van der Waals surface area contributed by atoms with Crippen molar-refractivity contribution in [3.05, 3.63) is 70.8 Å². The molecule has 0 saturated heterocycles. The highest BCUT2D eigenvalue weighted by molar-refractivity contribution is 5.90. The first-order chi connectivity index (χ1) is 13.5. The Hall–Kier alpha value is -2.95. The van der Waals surface area contributed by atoms with Gasteiger partial charge in [-0.1, -0.05) is 37.6 Å². The van der Waals surface area contributed by atoms with E-state index >= 15 is 0 Å². The van der Waals surface area contributed by atoms with Gasteiger partial charge in [0, 0.05) is 12.8 Å². The van der Waals surface area contributed by atoms with Crippen LogP contribution in [0.1, 0.15) is 58.5 Å².